The predicted octanol–water partition coefficient (Wildman–Crippen LogP) is -0.300. The van der Waals surface area contributed by atoms with Crippen molar-refractivity contribution in [3.8, 4) is 0 Å². The molecule has 4 nitrogen and oxygen atoms in total. The van der Waals surface area contributed by atoms with Crippen LogP contribution in [0.5, 0.6) is 0 Å². The number of nitrogens with one attached hydrogen (secondary N) is 1. The summed E-state index contributed by atoms with van der Waals surface area (Å²) in [5, 5.41) is 0. The van der Waals surface area contributed by atoms with E-state index in [-0.39, 0.29) is 6.16 Å². The average molecular weight is 220 g/mol. The minimum absolute atomic E-state index is 0.0731. The second kappa shape index (κ2) is 4.88. The highest BCUT2D eigenvalue weighted by atomic mass is 32.2. The second-order valence-electron chi connectivity index (χ2n) is 2.47. The van der Waals surface area contributed by atoms with Crippen molar-refractivity contribution < 1.29 is 19.7 Å². The van der Waals surface area contributed by atoms with Crippen LogP contribution >= 0.6 is 19.7 Å². The maximum absolute atomic E-state index is 10.5. The first kappa shape index (κ1) is 10.9. The van der Waals surface area contributed by atoms with Crippen molar-refractivity contribution in [3.63, 3.8) is 0 Å². The third-order valence-electron chi connectivity index (χ3n) is 1.34. The summed E-state index contributed by atoms with van der Waals surface area (Å²) in [6, 6.07) is 3.73. The number of aromatic nitrogens is 1. The molecule has 6 heteroatoms. The maximum Gasteiger partial charge on any atom is 0.231 e. The number of H-pyrrole nitrogens is 1. The van der Waals surface area contributed by atoms with Crippen molar-refractivity contribution in [1.29, 1.82) is 0 Å². The molecule has 0 spiro atoms. The Morgan fingerprint density at radius 3 is 2.54 bits per heavy atom. The molecule has 0 fully saturated rings. The van der Waals surface area contributed by atoms with E-state index < -0.39 is 7.94 Å². The van der Waals surface area contributed by atoms with E-state index in [0.717, 1.165) is 4.90 Å². The van der Waals surface area contributed by atoms with Gasteiger partial charge in [-0.3, -0.25) is 0 Å². The Hall–Kier alpha value is -0.190. The molecule has 0 saturated heterocycles. The minimum atomic E-state index is -3.83. The first-order valence-electron chi connectivity index (χ1n) is 3.71. The third-order valence-corrected chi connectivity index (χ3v) is 3.46. The third kappa shape index (κ3) is 5.18. The Balaban J connectivity index is 2.29. The van der Waals surface area contributed by atoms with E-state index in [1.54, 1.807) is 12.4 Å². The van der Waals surface area contributed by atoms with Gasteiger partial charge in [0.2, 0.25) is 7.94 Å². The lowest BCUT2D eigenvalue weighted by atomic mass is 10.5. The van der Waals surface area contributed by atoms with Crippen LogP contribution in [0, 0.1) is 0 Å². The van der Waals surface area contributed by atoms with Gasteiger partial charge < -0.3 is 4.89 Å². The first-order valence-corrected chi connectivity index (χ1v) is 6.50. The molecule has 0 unspecified atom stereocenters. The minimum Gasteiger partial charge on any atom is -0.632 e. The summed E-state index contributed by atoms with van der Waals surface area (Å²) in [5.74, 6) is 0.439. The summed E-state index contributed by atoms with van der Waals surface area (Å²) in [6.45, 7) is 0. The monoisotopic (exact) mass is 220 g/mol. The molecule has 0 aromatic carbocycles. The van der Waals surface area contributed by atoms with Crippen LogP contribution in [0.2, 0.25) is 0 Å². The molecule has 0 atom stereocenters. The number of rotatable bonds is 4. The quantitative estimate of drug-likeness (QED) is 0.539. The zero-order chi connectivity index (χ0) is 9.73. The van der Waals surface area contributed by atoms with Crippen molar-refractivity contribution >= 4 is 19.7 Å². The van der Waals surface area contributed by atoms with E-state index >= 15 is 0 Å². The Labute approximate surface area is 81.2 Å². The fourth-order valence-corrected chi connectivity index (χ4v) is 2.63. The fourth-order valence-electron chi connectivity index (χ4n) is 0.750. The highest BCUT2D eigenvalue weighted by molar-refractivity contribution is 7.99. The summed E-state index contributed by atoms with van der Waals surface area (Å²) >= 11 is 1.44. The van der Waals surface area contributed by atoms with Gasteiger partial charge in [-0.15, -0.1) is 11.8 Å². The largest absolute Gasteiger partial charge is 0.632 e. The first-order chi connectivity index (χ1) is 6.08. The molecule has 3 N–H and O–H groups in total. The second-order valence-corrected chi connectivity index (χ2v) is 5.42. The molecular formula is C7H11NO3PS+. The van der Waals surface area contributed by atoms with E-state index in [1.807, 2.05) is 12.1 Å². The van der Waals surface area contributed by atoms with Gasteiger partial charge in [0.15, 0.2) is 12.4 Å². The molecule has 0 bridgehead atoms. The van der Waals surface area contributed by atoms with E-state index in [9.17, 15) is 4.89 Å². The standard InChI is InChI=1S/C7H10NO3PS/c9-12(10,11)5-6-13-7-1-3-8-4-2-7/h1-4H,5-6H2,(H2,9,10,11)/p+1. The summed E-state index contributed by atoms with van der Waals surface area (Å²) in [6.07, 6.45) is 3.48. The number of thioether (sulfide) groups is 1. The molecule has 1 heterocycles. The van der Waals surface area contributed by atoms with Crippen molar-refractivity contribution in [2.24, 2.45) is 0 Å². The highest BCUT2D eigenvalue weighted by Gasteiger charge is 2.17. The zero-order valence-corrected chi connectivity index (χ0v) is 8.59. The topological polar surface area (TPSA) is 77.7 Å². The van der Waals surface area contributed by atoms with Crippen LogP contribution in [0.1, 0.15) is 0 Å². The molecule has 1 aromatic rings. The van der Waals surface area contributed by atoms with Gasteiger partial charge in [0.05, 0.1) is 0 Å². The molecule has 1 aromatic heterocycles. The zero-order valence-electron chi connectivity index (χ0n) is 6.88. The van der Waals surface area contributed by atoms with Crippen molar-refractivity contribution in [1.82, 2.24) is 0 Å². The lowest BCUT2D eigenvalue weighted by Gasteiger charge is -2.13. The summed E-state index contributed by atoms with van der Waals surface area (Å²) in [7, 11) is -3.83. The highest BCUT2D eigenvalue weighted by Crippen LogP contribution is 2.39. The Kier molecular flexibility index (Phi) is 4.09. The molecular weight excluding hydrogens is 209 g/mol. The predicted molar refractivity (Wildman–Crippen MR) is 49.9 cm³/mol. The smallest absolute Gasteiger partial charge is 0.231 e. The lowest BCUT2D eigenvalue weighted by molar-refractivity contribution is -0.378. The van der Waals surface area contributed by atoms with Crippen molar-refractivity contribution in [2.75, 3.05) is 11.9 Å². The Morgan fingerprint density at radius 1 is 1.38 bits per heavy atom. The van der Waals surface area contributed by atoms with E-state index in [1.165, 1.54) is 11.8 Å². The van der Waals surface area contributed by atoms with Gasteiger partial charge >= 0.3 is 0 Å². The van der Waals surface area contributed by atoms with Gasteiger partial charge in [-0.05, 0) is 0 Å². The van der Waals surface area contributed by atoms with Crippen molar-refractivity contribution in [2.45, 2.75) is 4.90 Å². The van der Waals surface area contributed by atoms with Crippen molar-refractivity contribution in [3.05, 3.63) is 24.5 Å². The molecule has 0 aliphatic carbocycles. The van der Waals surface area contributed by atoms with Crippen LogP contribution in [0.25, 0.3) is 0 Å². The van der Waals surface area contributed by atoms with E-state index in [2.05, 4.69) is 4.98 Å². The lowest BCUT2D eigenvalue weighted by Crippen LogP contribution is -2.12. The van der Waals surface area contributed by atoms with Crippen LogP contribution in [0.15, 0.2) is 29.4 Å². The van der Waals surface area contributed by atoms with Gasteiger partial charge in [-0.2, -0.15) is 0 Å². The fraction of sp³-hybridized carbons (Fsp3) is 0.286. The van der Waals surface area contributed by atoms with E-state index in [4.69, 9.17) is 9.79 Å². The van der Waals surface area contributed by atoms with Gasteiger partial charge in [0.1, 0.15) is 6.16 Å². The summed E-state index contributed by atoms with van der Waals surface area (Å²) < 4.78 is 0. The van der Waals surface area contributed by atoms with Crippen LogP contribution in [-0.4, -0.2) is 21.7 Å². The maximum atomic E-state index is 10.5. The van der Waals surface area contributed by atoms with Crippen LogP contribution in [0.3, 0.4) is 0 Å². The molecule has 1 rings (SSSR count). The van der Waals surface area contributed by atoms with Crippen LogP contribution < -0.4 is 9.88 Å². The van der Waals surface area contributed by atoms with Gasteiger partial charge in [0, 0.05) is 22.8 Å². The number of pyridine rings is 1. The van der Waals surface area contributed by atoms with Crippen LogP contribution in [0.4, 0.5) is 0 Å². The van der Waals surface area contributed by atoms with Gasteiger partial charge in [-0.25, -0.2) is 14.8 Å². The molecule has 0 saturated carbocycles. The van der Waals surface area contributed by atoms with Gasteiger partial charge in [-0.1, -0.05) is 0 Å². The normalized spacial score (nSPS) is 11.6. The number of hydrogen-bond donors (Lipinski definition) is 2. The number of aromatic amines is 1. The Bertz CT molecular complexity index is 252. The van der Waals surface area contributed by atoms with Gasteiger partial charge in [0.25, 0.3) is 0 Å². The van der Waals surface area contributed by atoms with Crippen LogP contribution in [-0.2, 0) is 0 Å². The van der Waals surface area contributed by atoms with E-state index in [0.29, 0.717) is 5.75 Å². The Morgan fingerprint density at radius 2 is 2.00 bits per heavy atom. The molecule has 0 aliphatic heterocycles. The summed E-state index contributed by atoms with van der Waals surface area (Å²) in [5.41, 5.74) is 0. The molecule has 72 valence electrons. The molecule has 0 aliphatic rings. The SMILES string of the molecule is [O-][P+](O)(O)CCSc1cc[nH+]cc1. The molecule has 0 amide bonds. The molecule has 13 heavy (non-hydrogen) atoms. The number of hydrogen-bond acceptors (Lipinski definition) is 4. The summed E-state index contributed by atoms with van der Waals surface area (Å²) in [4.78, 5) is 31.6. The molecule has 0 radical (unpaired) electrons. The average Bonchev–Trinajstić information content (AvgIpc) is 2.04.